The Morgan fingerprint density at radius 3 is 2.53 bits per heavy atom. The van der Waals surface area contributed by atoms with Crippen LogP contribution >= 0.6 is 0 Å². The Balaban J connectivity index is 1.94. The van der Waals surface area contributed by atoms with E-state index in [2.05, 4.69) is 0 Å². The summed E-state index contributed by atoms with van der Waals surface area (Å²) in [6.45, 7) is 0.571. The fourth-order valence-electron chi connectivity index (χ4n) is 1.92. The van der Waals surface area contributed by atoms with E-state index in [0.29, 0.717) is 0 Å². The van der Waals surface area contributed by atoms with Crippen LogP contribution in [0, 0.1) is 5.92 Å². The molecule has 0 radical (unpaired) electrons. The van der Waals surface area contributed by atoms with Gasteiger partial charge in [0.2, 0.25) is 10.0 Å². The number of hydrogen-bond acceptors (Lipinski definition) is 3. The van der Waals surface area contributed by atoms with E-state index in [0.717, 1.165) is 5.56 Å². The third kappa shape index (κ3) is 3.65. The fraction of sp³-hybridized carbons (Fsp3) is 0.308. The van der Waals surface area contributed by atoms with Crippen molar-refractivity contribution in [1.29, 1.82) is 0 Å². The first-order valence-corrected chi connectivity index (χ1v) is 7.43. The first kappa shape index (κ1) is 13.8. The highest BCUT2D eigenvalue weighted by Gasteiger charge is 2.35. The van der Waals surface area contributed by atoms with Gasteiger partial charge in [0.15, 0.2) is 0 Å². The second-order valence-electron chi connectivity index (χ2n) is 4.54. The van der Waals surface area contributed by atoms with E-state index >= 15 is 0 Å². The zero-order valence-corrected chi connectivity index (χ0v) is 11.1. The van der Waals surface area contributed by atoms with Gasteiger partial charge in [-0.05, 0) is 17.6 Å². The largest absolute Gasteiger partial charge is 0.481 e. The number of hydrogen-bond donors (Lipinski definition) is 1. The standard InChI is InChI=1S/C13H15NO4S/c15-13(16)8-12-9-14(10-12)19(17,18)7-6-11-4-2-1-3-5-11/h1-7,12H,8-10H2,(H,15,16). The summed E-state index contributed by atoms with van der Waals surface area (Å²) in [5, 5.41) is 9.77. The molecule has 1 aromatic carbocycles. The van der Waals surface area contributed by atoms with Gasteiger partial charge in [0, 0.05) is 18.5 Å². The summed E-state index contributed by atoms with van der Waals surface area (Å²) in [6, 6.07) is 9.15. The zero-order chi connectivity index (χ0) is 13.9. The summed E-state index contributed by atoms with van der Waals surface area (Å²) >= 11 is 0. The number of rotatable bonds is 5. The molecule has 0 atom stereocenters. The van der Waals surface area contributed by atoms with Crippen LogP contribution < -0.4 is 0 Å². The van der Waals surface area contributed by atoms with Gasteiger partial charge in [0.1, 0.15) is 0 Å². The monoisotopic (exact) mass is 281 g/mol. The molecule has 102 valence electrons. The molecule has 1 fully saturated rings. The molecule has 1 heterocycles. The molecule has 0 saturated carbocycles. The maximum atomic E-state index is 11.9. The third-order valence-electron chi connectivity index (χ3n) is 2.98. The minimum atomic E-state index is -3.43. The van der Waals surface area contributed by atoms with Crippen molar-refractivity contribution in [2.45, 2.75) is 6.42 Å². The van der Waals surface area contributed by atoms with Crippen LogP contribution in [0.3, 0.4) is 0 Å². The molecular formula is C13H15NO4S. The van der Waals surface area contributed by atoms with Crippen molar-refractivity contribution in [1.82, 2.24) is 4.31 Å². The molecule has 1 N–H and O–H groups in total. The maximum Gasteiger partial charge on any atom is 0.303 e. The number of sulfonamides is 1. The van der Waals surface area contributed by atoms with Gasteiger partial charge in [-0.1, -0.05) is 30.3 Å². The van der Waals surface area contributed by atoms with Gasteiger partial charge in [0.25, 0.3) is 0 Å². The average Bonchev–Trinajstić information content (AvgIpc) is 2.32. The van der Waals surface area contributed by atoms with Crippen molar-refractivity contribution < 1.29 is 18.3 Å². The smallest absolute Gasteiger partial charge is 0.303 e. The molecule has 19 heavy (non-hydrogen) atoms. The second kappa shape index (κ2) is 5.54. The van der Waals surface area contributed by atoms with Crippen molar-refractivity contribution in [2.75, 3.05) is 13.1 Å². The molecule has 2 rings (SSSR count). The van der Waals surface area contributed by atoms with Gasteiger partial charge in [-0.25, -0.2) is 8.42 Å². The average molecular weight is 281 g/mol. The molecular weight excluding hydrogens is 266 g/mol. The van der Waals surface area contributed by atoms with Crippen LogP contribution in [0.15, 0.2) is 35.7 Å². The van der Waals surface area contributed by atoms with Crippen LogP contribution in [-0.4, -0.2) is 36.9 Å². The summed E-state index contributed by atoms with van der Waals surface area (Å²) < 4.78 is 25.1. The van der Waals surface area contributed by atoms with Crippen LogP contribution in [0.4, 0.5) is 0 Å². The van der Waals surface area contributed by atoms with Gasteiger partial charge in [-0.15, -0.1) is 0 Å². The lowest BCUT2D eigenvalue weighted by atomic mass is 10.00. The lowest BCUT2D eigenvalue weighted by Gasteiger charge is -2.36. The Morgan fingerprint density at radius 2 is 1.95 bits per heavy atom. The molecule has 1 aliphatic rings. The normalized spacial score (nSPS) is 17.5. The summed E-state index contributed by atoms with van der Waals surface area (Å²) in [6.07, 6.45) is 1.56. The SMILES string of the molecule is O=C(O)CC1CN(S(=O)(=O)C=Cc2ccccc2)C1. The number of nitrogens with zero attached hydrogens (tertiary/aromatic N) is 1. The van der Waals surface area contributed by atoms with Gasteiger partial charge < -0.3 is 5.11 Å². The minimum Gasteiger partial charge on any atom is -0.481 e. The van der Waals surface area contributed by atoms with E-state index in [1.165, 1.54) is 9.71 Å². The predicted molar refractivity (Wildman–Crippen MR) is 71.7 cm³/mol. The van der Waals surface area contributed by atoms with Crippen LogP contribution in [0.5, 0.6) is 0 Å². The van der Waals surface area contributed by atoms with Crippen molar-refractivity contribution in [3.05, 3.63) is 41.3 Å². The molecule has 1 aromatic rings. The third-order valence-corrected chi connectivity index (χ3v) is 4.48. The summed E-state index contributed by atoms with van der Waals surface area (Å²) in [5.74, 6) is -0.959. The van der Waals surface area contributed by atoms with E-state index in [1.807, 2.05) is 30.3 Å². The van der Waals surface area contributed by atoms with E-state index < -0.39 is 16.0 Å². The summed E-state index contributed by atoms with van der Waals surface area (Å²) in [4.78, 5) is 10.5. The van der Waals surface area contributed by atoms with Crippen molar-refractivity contribution in [2.24, 2.45) is 5.92 Å². The number of carbonyl (C=O) groups is 1. The molecule has 0 unspecified atom stereocenters. The van der Waals surface area contributed by atoms with E-state index in [4.69, 9.17) is 5.11 Å². The van der Waals surface area contributed by atoms with Crippen LogP contribution in [0.25, 0.3) is 6.08 Å². The maximum absolute atomic E-state index is 11.9. The summed E-state index contributed by atoms with van der Waals surface area (Å²) in [5.41, 5.74) is 0.814. The zero-order valence-electron chi connectivity index (χ0n) is 10.3. The molecule has 0 spiro atoms. The van der Waals surface area contributed by atoms with E-state index in [9.17, 15) is 13.2 Å². The number of aliphatic carboxylic acids is 1. The highest BCUT2D eigenvalue weighted by Crippen LogP contribution is 2.23. The molecule has 1 saturated heterocycles. The Kier molecular flexibility index (Phi) is 4.01. The van der Waals surface area contributed by atoms with E-state index in [-0.39, 0.29) is 25.4 Å². The first-order valence-electron chi connectivity index (χ1n) is 5.92. The highest BCUT2D eigenvalue weighted by atomic mass is 32.2. The highest BCUT2D eigenvalue weighted by molar-refractivity contribution is 7.92. The minimum absolute atomic E-state index is 0.0222. The number of benzene rings is 1. The molecule has 0 aromatic heterocycles. The molecule has 5 nitrogen and oxygen atoms in total. The molecule has 1 aliphatic heterocycles. The van der Waals surface area contributed by atoms with E-state index in [1.54, 1.807) is 6.08 Å². The van der Waals surface area contributed by atoms with Crippen molar-refractivity contribution in [3.8, 4) is 0 Å². The Bertz CT molecular complexity index is 574. The molecule has 0 bridgehead atoms. The topological polar surface area (TPSA) is 74.7 Å². The van der Waals surface area contributed by atoms with Crippen molar-refractivity contribution in [3.63, 3.8) is 0 Å². The van der Waals surface area contributed by atoms with Gasteiger partial charge in [-0.3, -0.25) is 4.79 Å². The Labute approximate surface area is 112 Å². The van der Waals surface area contributed by atoms with Crippen LogP contribution in [-0.2, 0) is 14.8 Å². The Morgan fingerprint density at radius 1 is 1.32 bits per heavy atom. The van der Waals surface area contributed by atoms with Crippen LogP contribution in [0.1, 0.15) is 12.0 Å². The Hall–Kier alpha value is -1.66. The molecule has 0 amide bonds. The quantitative estimate of drug-likeness (QED) is 0.885. The number of carboxylic acid groups (broad SMARTS) is 1. The molecule has 0 aliphatic carbocycles. The molecule has 6 heteroatoms. The van der Waals surface area contributed by atoms with Gasteiger partial charge >= 0.3 is 5.97 Å². The van der Waals surface area contributed by atoms with Crippen molar-refractivity contribution >= 4 is 22.1 Å². The van der Waals surface area contributed by atoms with Gasteiger partial charge in [0.05, 0.1) is 6.42 Å². The number of carboxylic acids is 1. The predicted octanol–water partition coefficient (Wildman–Crippen LogP) is 1.39. The van der Waals surface area contributed by atoms with Gasteiger partial charge in [-0.2, -0.15) is 4.31 Å². The fourth-order valence-corrected chi connectivity index (χ4v) is 3.26. The second-order valence-corrected chi connectivity index (χ2v) is 6.36. The van der Waals surface area contributed by atoms with Crippen LogP contribution in [0.2, 0.25) is 0 Å². The summed E-state index contributed by atoms with van der Waals surface area (Å²) in [7, 11) is -3.43. The lowest BCUT2D eigenvalue weighted by Crippen LogP contribution is -2.49. The lowest BCUT2D eigenvalue weighted by molar-refractivity contribution is -0.139. The first-order chi connectivity index (χ1) is 8.97.